The first kappa shape index (κ1) is 25.1. The van der Waals surface area contributed by atoms with Gasteiger partial charge in [-0.2, -0.15) is 4.72 Å². The molecular formula is C26H29N3O4S. The van der Waals surface area contributed by atoms with Crippen molar-refractivity contribution in [1.82, 2.24) is 4.72 Å². The fourth-order valence-corrected chi connectivity index (χ4v) is 5.63. The summed E-state index contributed by atoms with van der Waals surface area (Å²) in [6, 6.07) is 18.4. The first-order valence-corrected chi connectivity index (χ1v) is 12.4. The van der Waals surface area contributed by atoms with Gasteiger partial charge in [-0.15, -0.1) is 0 Å². The third-order valence-corrected chi connectivity index (χ3v) is 7.00. The van der Waals surface area contributed by atoms with Crippen molar-refractivity contribution in [2.75, 3.05) is 10.6 Å². The van der Waals surface area contributed by atoms with Gasteiger partial charge in [0.05, 0.1) is 4.90 Å². The summed E-state index contributed by atoms with van der Waals surface area (Å²) in [5.41, 5.74) is 3.98. The van der Waals surface area contributed by atoms with Crippen molar-refractivity contribution >= 4 is 33.2 Å². The fourth-order valence-electron chi connectivity index (χ4n) is 3.98. The van der Waals surface area contributed by atoms with Crippen LogP contribution >= 0.6 is 0 Å². The highest BCUT2D eigenvalue weighted by Crippen LogP contribution is 2.23. The van der Waals surface area contributed by atoms with Gasteiger partial charge in [0, 0.05) is 18.3 Å². The molecule has 1 unspecified atom stereocenters. The van der Waals surface area contributed by atoms with Crippen LogP contribution in [0.2, 0.25) is 0 Å². The number of benzene rings is 3. The second kappa shape index (κ2) is 10.6. The zero-order chi connectivity index (χ0) is 24.9. The number of carbonyl (C=O) groups excluding carboxylic acids is 2. The highest BCUT2D eigenvalue weighted by atomic mass is 32.2. The Kier molecular flexibility index (Phi) is 7.86. The van der Waals surface area contributed by atoms with Crippen molar-refractivity contribution in [2.24, 2.45) is 0 Å². The van der Waals surface area contributed by atoms with E-state index < -0.39 is 22.0 Å². The Morgan fingerprint density at radius 1 is 0.824 bits per heavy atom. The molecule has 0 saturated heterocycles. The van der Waals surface area contributed by atoms with E-state index in [1.807, 2.05) is 37.3 Å². The minimum Gasteiger partial charge on any atom is -0.326 e. The fraction of sp³-hybridized carbons (Fsp3) is 0.231. The van der Waals surface area contributed by atoms with Crippen LogP contribution < -0.4 is 15.4 Å². The van der Waals surface area contributed by atoms with Crippen LogP contribution in [0.4, 0.5) is 11.4 Å². The molecule has 7 nitrogen and oxygen atoms in total. The Bertz CT molecular complexity index is 1280. The summed E-state index contributed by atoms with van der Waals surface area (Å²) in [7, 11) is -3.99. The topological polar surface area (TPSA) is 104 Å². The number of sulfonamides is 1. The maximum atomic E-state index is 13.4. The van der Waals surface area contributed by atoms with E-state index in [2.05, 4.69) is 15.4 Å². The van der Waals surface area contributed by atoms with Gasteiger partial charge < -0.3 is 10.6 Å². The quantitative estimate of drug-likeness (QED) is 0.452. The highest BCUT2D eigenvalue weighted by Gasteiger charge is 2.28. The number of amides is 2. The van der Waals surface area contributed by atoms with Gasteiger partial charge in [0.1, 0.15) is 6.04 Å². The summed E-state index contributed by atoms with van der Waals surface area (Å²) in [5.74, 6) is -0.739. The van der Waals surface area contributed by atoms with Crippen LogP contribution in [0.5, 0.6) is 0 Å². The standard InChI is InChI=1S/C26H29N3O4S/c1-17-13-18(2)25(19(3)14-17)34(32,33)29-24(15-21-9-6-5-7-10-21)26(31)28-23-12-8-11-22(16-23)27-20(4)30/h5-14,16,24,29H,15H2,1-4H3,(H,27,30)(H,28,31). The predicted octanol–water partition coefficient (Wildman–Crippen LogP) is 4.10. The molecule has 3 N–H and O–H groups in total. The van der Waals surface area contributed by atoms with E-state index in [-0.39, 0.29) is 17.2 Å². The second-order valence-corrected chi connectivity index (χ2v) is 9.99. The number of carbonyl (C=O) groups is 2. The van der Waals surface area contributed by atoms with Gasteiger partial charge >= 0.3 is 0 Å². The molecule has 0 heterocycles. The third-order valence-electron chi connectivity index (χ3n) is 5.22. The van der Waals surface area contributed by atoms with E-state index in [0.29, 0.717) is 22.5 Å². The molecule has 0 radical (unpaired) electrons. The number of nitrogens with one attached hydrogen (secondary N) is 3. The molecule has 178 valence electrons. The molecule has 8 heteroatoms. The third kappa shape index (κ3) is 6.52. The van der Waals surface area contributed by atoms with Crippen LogP contribution in [-0.4, -0.2) is 26.3 Å². The van der Waals surface area contributed by atoms with Crippen LogP contribution in [0.1, 0.15) is 29.2 Å². The van der Waals surface area contributed by atoms with Gasteiger partial charge in [-0.05, 0) is 62.1 Å². The lowest BCUT2D eigenvalue weighted by atomic mass is 10.1. The Hall–Kier alpha value is -3.49. The molecule has 3 rings (SSSR count). The van der Waals surface area contributed by atoms with Crippen LogP contribution in [0, 0.1) is 20.8 Å². The maximum absolute atomic E-state index is 13.4. The second-order valence-electron chi connectivity index (χ2n) is 8.34. The summed E-state index contributed by atoms with van der Waals surface area (Å²) < 4.78 is 29.4. The maximum Gasteiger partial charge on any atom is 0.242 e. The van der Waals surface area contributed by atoms with Crippen LogP contribution in [0.15, 0.2) is 71.6 Å². The molecule has 2 amide bonds. The predicted molar refractivity (Wildman–Crippen MR) is 134 cm³/mol. The highest BCUT2D eigenvalue weighted by molar-refractivity contribution is 7.89. The number of rotatable bonds is 8. The van der Waals surface area contributed by atoms with Crippen LogP contribution in [-0.2, 0) is 26.0 Å². The number of hydrogen-bond donors (Lipinski definition) is 3. The van der Waals surface area contributed by atoms with Crippen molar-refractivity contribution in [2.45, 2.75) is 45.1 Å². The van der Waals surface area contributed by atoms with Gasteiger partial charge in [-0.3, -0.25) is 9.59 Å². The van der Waals surface area contributed by atoms with Gasteiger partial charge in [0.15, 0.2) is 0 Å². The SMILES string of the molecule is CC(=O)Nc1cccc(NC(=O)C(Cc2ccccc2)NS(=O)(=O)c2c(C)cc(C)cc2C)c1. The number of anilines is 2. The Balaban J connectivity index is 1.91. The molecule has 0 aromatic heterocycles. The summed E-state index contributed by atoms with van der Waals surface area (Å²) >= 11 is 0. The zero-order valence-corrected chi connectivity index (χ0v) is 20.5. The van der Waals surface area contributed by atoms with E-state index in [4.69, 9.17) is 0 Å². The van der Waals surface area contributed by atoms with Crippen molar-refractivity contribution in [3.63, 3.8) is 0 Å². The molecule has 0 spiro atoms. The Morgan fingerprint density at radius 2 is 1.41 bits per heavy atom. The average Bonchev–Trinajstić information content (AvgIpc) is 2.72. The van der Waals surface area contributed by atoms with Crippen LogP contribution in [0.25, 0.3) is 0 Å². The minimum absolute atomic E-state index is 0.168. The summed E-state index contributed by atoms with van der Waals surface area (Å²) in [6.07, 6.45) is 0.168. The van der Waals surface area contributed by atoms with Crippen molar-refractivity contribution in [1.29, 1.82) is 0 Å². The lowest BCUT2D eigenvalue weighted by Gasteiger charge is -2.21. The van der Waals surface area contributed by atoms with Crippen molar-refractivity contribution in [3.8, 4) is 0 Å². The van der Waals surface area contributed by atoms with Crippen molar-refractivity contribution < 1.29 is 18.0 Å². The van der Waals surface area contributed by atoms with Crippen molar-refractivity contribution in [3.05, 3.63) is 89.0 Å². The molecule has 3 aromatic carbocycles. The lowest BCUT2D eigenvalue weighted by molar-refractivity contribution is -0.117. The molecule has 0 saturated carbocycles. The molecular weight excluding hydrogens is 450 g/mol. The van der Waals surface area contributed by atoms with Gasteiger partial charge in [0.2, 0.25) is 21.8 Å². The van der Waals surface area contributed by atoms with Crippen LogP contribution in [0.3, 0.4) is 0 Å². The molecule has 3 aromatic rings. The number of aryl methyl sites for hydroxylation is 3. The molecule has 0 aliphatic heterocycles. The average molecular weight is 480 g/mol. The Labute approximate surface area is 200 Å². The summed E-state index contributed by atoms with van der Waals surface area (Å²) in [4.78, 5) is 24.8. The van der Waals surface area contributed by atoms with E-state index in [9.17, 15) is 18.0 Å². The van der Waals surface area contributed by atoms with E-state index >= 15 is 0 Å². The molecule has 1 atom stereocenters. The minimum atomic E-state index is -3.99. The Morgan fingerprint density at radius 3 is 2.00 bits per heavy atom. The zero-order valence-electron chi connectivity index (χ0n) is 19.7. The van der Waals surface area contributed by atoms with E-state index in [0.717, 1.165) is 11.1 Å². The largest absolute Gasteiger partial charge is 0.326 e. The monoisotopic (exact) mass is 479 g/mol. The molecule has 0 aliphatic carbocycles. The molecule has 34 heavy (non-hydrogen) atoms. The smallest absolute Gasteiger partial charge is 0.242 e. The van der Waals surface area contributed by atoms with Gasteiger partial charge in [0.25, 0.3) is 0 Å². The normalized spacial score (nSPS) is 12.1. The first-order chi connectivity index (χ1) is 16.0. The molecule has 0 aliphatic rings. The van der Waals surface area contributed by atoms with E-state index in [1.54, 1.807) is 50.2 Å². The van der Waals surface area contributed by atoms with E-state index in [1.165, 1.54) is 6.92 Å². The lowest BCUT2D eigenvalue weighted by Crippen LogP contribution is -2.45. The summed E-state index contributed by atoms with van der Waals surface area (Å²) in [6.45, 7) is 6.79. The van der Waals surface area contributed by atoms with Gasteiger partial charge in [-0.25, -0.2) is 8.42 Å². The molecule has 0 bridgehead atoms. The van der Waals surface area contributed by atoms with Gasteiger partial charge in [-0.1, -0.05) is 54.1 Å². The number of hydrogen-bond acceptors (Lipinski definition) is 4. The summed E-state index contributed by atoms with van der Waals surface area (Å²) in [5, 5.41) is 5.43. The molecule has 0 fully saturated rings. The first-order valence-electron chi connectivity index (χ1n) is 10.9.